The zero-order valence-electron chi connectivity index (χ0n) is 7.50. The number of aliphatic carboxylic acids is 1. The molecule has 0 radical (unpaired) electrons. The number of carboxylic acids is 1. The minimum absolute atomic E-state index is 0.833. The minimum Gasteiger partial charge on any atom is -0.481 e. The number of hydrogen-bond donors (Lipinski definition) is 1. The van der Waals surface area contributed by atoms with E-state index in [9.17, 15) is 0 Å². The highest BCUT2D eigenvalue weighted by Gasteiger charge is 2.14. The first kappa shape index (κ1) is 10.4. The van der Waals surface area contributed by atoms with E-state index < -0.39 is 5.97 Å². The number of carboxylic acid groups (broad SMARTS) is 1. The summed E-state index contributed by atoms with van der Waals surface area (Å²) in [5.74, 6) is -0.833. The number of rotatable bonds is 0. The second-order valence-corrected chi connectivity index (χ2v) is 2.99. The van der Waals surface area contributed by atoms with Crippen LogP contribution in [0.25, 0.3) is 0 Å². The first-order valence-corrected chi connectivity index (χ1v) is 3.93. The van der Waals surface area contributed by atoms with Crippen LogP contribution < -0.4 is 0 Å². The molecule has 3 nitrogen and oxygen atoms in total. The lowest BCUT2D eigenvalue weighted by molar-refractivity contribution is -0.134. The van der Waals surface area contributed by atoms with Crippen molar-refractivity contribution in [1.29, 1.82) is 0 Å². The van der Waals surface area contributed by atoms with Crippen molar-refractivity contribution >= 4 is 5.97 Å². The lowest BCUT2D eigenvalue weighted by Crippen LogP contribution is -2.20. The van der Waals surface area contributed by atoms with Gasteiger partial charge in [-0.2, -0.15) is 0 Å². The quantitative estimate of drug-likeness (QED) is 0.577. The van der Waals surface area contributed by atoms with E-state index in [1.807, 2.05) is 0 Å². The number of likely N-dealkylation sites (tertiary alicyclic amines) is 1. The summed E-state index contributed by atoms with van der Waals surface area (Å²) in [4.78, 5) is 11.4. The van der Waals surface area contributed by atoms with Crippen molar-refractivity contribution < 1.29 is 9.90 Å². The summed E-state index contributed by atoms with van der Waals surface area (Å²) < 4.78 is 0. The van der Waals surface area contributed by atoms with Gasteiger partial charge in [0.25, 0.3) is 5.97 Å². The van der Waals surface area contributed by atoms with Gasteiger partial charge >= 0.3 is 0 Å². The molecule has 66 valence electrons. The van der Waals surface area contributed by atoms with E-state index in [1.54, 1.807) is 0 Å². The third-order valence-electron chi connectivity index (χ3n) is 1.89. The average molecular weight is 159 g/mol. The maximum absolute atomic E-state index is 9.00. The molecule has 0 amide bonds. The van der Waals surface area contributed by atoms with E-state index in [2.05, 4.69) is 18.9 Å². The van der Waals surface area contributed by atoms with Crippen molar-refractivity contribution in [2.75, 3.05) is 13.6 Å². The van der Waals surface area contributed by atoms with Crippen LogP contribution in [-0.2, 0) is 4.79 Å². The Kier molecular flexibility index (Phi) is 4.86. The Morgan fingerprint density at radius 3 is 2.18 bits per heavy atom. The summed E-state index contributed by atoms with van der Waals surface area (Å²) in [6.07, 6.45) is 2.80. The van der Waals surface area contributed by atoms with E-state index in [0.717, 1.165) is 13.0 Å². The monoisotopic (exact) mass is 159 g/mol. The maximum Gasteiger partial charge on any atom is 0.300 e. The molecule has 1 aliphatic rings. The molecule has 3 heteroatoms. The second kappa shape index (κ2) is 5.13. The minimum atomic E-state index is -0.833. The first-order valence-electron chi connectivity index (χ1n) is 3.93. The van der Waals surface area contributed by atoms with Crippen LogP contribution in [0.15, 0.2) is 0 Å². The highest BCUT2D eigenvalue weighted by molar-refractivity contribution is 5.62. The van der Waals surface area contributed by atoms with Crippen molar-refractivity contribution in [1.82, 2.24) is 4.90 Å². The zero-order chi connectivity index (χ0) is 8.85. The summed E-state index contributed by atoms with van der Waals surface area (Å²) in [5, 5.41) is 7.42. The molecule has 0 aliphatic carbocycles. The Hall–Kier alpha value is -0.570. The van der Waals surface area contributed by atoms with Gasteiger partial charge in [-0.1, -0.05) is 0 Å². The van der Waals surface area contributed by atoms with Gasteiger partial charge in [-0.05, 0) is 33.4 Å². The van der Waals surface area contributed by atoms with Crippen molar-refractivity contribution in [3.8, 4) is 0 Å². The van der Waals surface area contributed by atoms with Crippen LogP contribution in [0.1, 0.15) is 26.7 Å². The predicted octanol–water partition coefficient (Wildman–Crippen LogP) is 1.19. The second-order valence-electron chi connectivity index (χ2n) is 2.99. The van der Waals surface area contributed by atoms with Gasteiger partial charge in [0.05, 0.1) is 0 Å². The van der Waals surface area contributed by atoms with Crippen LogP contribution in [0, 0.1) is 0 Å². The fourth-order valence-corrected chi connectivity index (χ4v) is 1.08. The molecule has 0 aromatic rings. The summed E-state index contributed by atoms with van der Waals surface area (Å²) in [6, 6.07) is 0.847. The molecule has 0 saturated carbocycles. The van der Waals surface area contributed by atoms with Crippen molar-refractivity contribution in [3.05, 3.63) is 0 Å². The standard InChI is InChI=1S/C6H13N.C2H4O2/c1-6-4-3-5-7(6)2;1-2(3)4/h6H,3-5H2,1-2H3;1H3,(H,3,4). The largest absolute Gasteiger partial charge is 0.481 e. The zero-order valence-corrected chi connectivity index (χ0v) is 7.50. The van der Waals surface area contributed by atoms with Crippen molar-refractivity contribution in [3.63, 3.8) is 0 Å². The highest BCUT2D eigenvalue weighted by Crippen LogP contribution is 2.12. The van der Waals surface area contributed by atoms with Crippen LogP contribution in [0.2, 0.25) is 0 Å². The highest BCUT2D eigenvalue weighted by atomic mass is 16.4. The normalized spacial score (nSPS) is 24.1. The molecule has 1 N–H and O–H groups in total. The van der Waals surface area contributed by atoms with Crippen LogP contribution in [0.5, 0.6) is 0 Å². The molecule has 1 unspecified atom stereocenters. The van der Waals surface area contributed by atoms with Gasteiger partial charge in [0.2, 0.25) is 0 Å². The molecular formula is C8H17NO2. The van der Waals surface area contributed by atoms with E-state index in [4.69, 9.17) is 9.90 Å². The molecule has 0 spiro atoms. The molecule has 1 heterocycles. The lowest BCUT2D eigenvalue weighted by atomic mass is 10.3. The topological polar surface area (TPSA) is 40.5 Å². The molecule has 1 aliphatic heterocycles. The molecule has 1 rings (SSSR count). The summed E-state index contributed by atoms with van der Waals surface area (Å²) in [5.41, 5.74) is 0. The van der Waals surface area contributed by atoms with Crippen LogP contribution >= 0.6 is 0 Å². The summed E-state index contributed by atoms with van der Waals surface area (Å²) in [7, 11) is 2.19. The van der Waals surface area contributed by atoms with Crippen LogP contribution in [-0.4, -0.2) is 35.6 Å². The Balaban J connectivity index is 0.000000218. The average Bonchev–Trinajstić information content (AvgIpc) is 2.15. The fourth-order valence-electron chi connectivity index (χ4n) is 1.08. The number of carbonyl (C=O) groups is 1. The molecule has 0 bridgehead atoms. The maximum atomic E-state index is 9.00. The molecule has 0 aromatic carbocycles. The Bertz CT molecular complexity index is 113. The fraction of sp³-hybridized carbons (Fsp3) is 0.875. The molecule has 1 atom stereocenters. The van der Waals surface area contributed by atoms with E-state index >= 15 is 0 Å². The number of hydrogen-bond acceptors (Lipinski definition) is 2. The molecule has 1 fully saturated rings. The van der Waals surface area contributed by atoms with Gasteiger partial charge < -0.3 is 10.0 Å². The van der Waals surface area contributed by atoms with E-state index in [1.165, 1.54) is 19.4 Å². The third-order valence-corrected chi connectivity index (χ3v) is 1.89. The molecular weight excluding hydrogens is 142 g/mol. The van der Waals surface area contributed by atoms with Gasteiger partial charge in [0.1, 0.15) is 0 Å². The SMILES string of the molecule is CC(=O)O.CC1CCCN1C. The van der Waals surface area contributed by atoms with Crippen LogP contribution in [0.4, 0.5) is 0 Å². The number of nitrogens with zero attached hydrogens (tertiary/aromatic N) is 1. The summed E-state index contributed by atoms with van der Waals surface area (Å²) in [6.45, 7) is 4.67. The van der Waals surface area contributed by atoms with Gasteiger partial charge in [-0.3, -0.25) is 4.79 Å². The van der Waals surface area contributed by atoms with Gasteiger partial charge in [0, 0.05) is 13.0 Å². The molecule has 1 saturated heterocycles. The first-order chi connectivity index (χ1) is 5.04. The van der Waals surface area contributed by atoms with Gasteiger partial charge in [0.15, 0.2) is 0 Å². The third kappa shape index (κ3) is 5.85. The van der Waals surface area contributed by atoms with Gasteiger partial charge in [-0.25, -0.2) is 0 Å². The molecule has 11 heavy (non-hydrogen) atoms. The summed E-state index contributed by atoms with van der Waals surface area (Å²) >= 11 is 0. The Morgan fingerprint density at radius 2 is 2.09 bits per heavy atom. The van der Waals surface area contributed by atoms with Crippen molar-refractivity contribution in [2.45, 2.75) is 32.7 Å². The Labute approximate surface area is 68.0 Å². The predicted molar refractivity (Wildman–Crippen MR) is 44.6 cm³/mol. The Morgan fingerprint density at radius 1 is 1.64 bits per heavy atom. The smallest absolute Gasteiger partial charge is 0.300 e. The lowest BCUT2D eigenvalue weighted by Gasteiger charge is -2.12. The van der Waals surface area contributed by atoms with Crippen LogP contribution in [0.3, 0.4) is 0 Å². The molecule has 0 aromatic heterocycles. The van der Waals surface area contributed by atoms with E-state index in [-0.39, 0.29) is 0 Å². The van der Waals surface area contributed by atoms with E-state index in [0.29, 0.717) is 0 Å². The van der Waals surface area contributed by atoms with Gasteiger partial charge in [-0.15, -0.1) is 0 Å². The van der Waals surface area contributed by atoms with Crippen molar-refractivity contribution in [2.24, 2.45) is 0 Å².